The van der Waals surface area contributed by atoms with Crippen molar-refractivity contribution in [1.29, 1.82) is 0 Å². The standard InChI is InChI=1S/C18H22NO6PS.3K.3H/c1-2-19-16-8-4-3-7-14(16)15-12-13(10-11-17(15)19)6-5-9-18(26(20,21)22)27(23,24)25;;;;;;/h3-4,7-8,10-12,18H,2,5-6,9H2,1H3,(H2,20,21,22)(H,23,24,25);;;;;;. The van der Waals surface area contributed by atoms with E-state index >= 15 is 0 Å². The fraction of sp³-hybridized carbons (Fsp3) is 0.333. The van der Waals surface area contributed by atoms with Crippen LogP contribution in [0.5, 0.6) is 0 Å². The number of fused-ring (bicyclic) bond motifs is 3. The van der Waals surface area contributed by atoms with E-state index < -0.39 is 22.7 Å². The quantitative estimate of drug-likeness (QED) is 0.242. The minimum absolute atomic E-state index is 0. The summed E-state index contributed by atoms with van der Waals surface area (Å²) in [6.07, 6.45) is 0.374. The first-order chi connectivity index (χ1) is 12.6. The molecule has 7 nitrogen and oxygen atoms in total. The van der Waals surface area contributed by atoms with Gasteiger partial charge >= 0.3 is 162 Å². The average Bonchev–Trinajstić information content (AvgIpc) is 2.89. The molecule has 1 atom stereocenters. The molecule has 0 aliphatic heterocycles. The van der Waals surface area contributed by atoms with Crippen LogP contribution in [0.4, 0.5) is 0 Å². The van der Waals surface area contributed by atoms with Crippen LogP contribution in [0, 0.1) is 0 Å². The van der Waals surface area contributed by atoms with Crippen molar-refractivity contribution in [2.45, 2.75) is 37.7 Å². The van der Waals surface area contributed by atoms with E-state index in [1.807, 2.05) is 30.3 Å². The summed E-state index contributed by atoms with van der Waals surface area (Å²) in [6.45, 7) is 2.92. The Morgan fingerprint density at radius 1 is 1.00 bits per heavy atom. The van der Waals surface area contributed by atoms with Gasteiger partial charge in [0.15, 0.2) is 4.99 Å². The second kappa shape index (κ2) is 14.1. The molecular formula is C18H25K3NO6PS. The number of aryl methyl sites for hydroxylation is 2. The summed E-state index contributed by atoms with van der Waals surface area (Å²) < 4.78 is 45.1. The van der Waals surface area contributed by atoms with Crippen molar-refractivity contribution in [1.82, 2.24) is 4.57 Å². The van der Waals surface area contributed by atoms with Crippen molar-refractivity contribution in [2.24, 2.45) is 0 Å². The van der Waals surface area contributed by atoms with E-state index in [1.165, 1.54) is 0 Å². The molecule has 12 heteroatoms. The first-order valence-corrected chi connectivity index (χ1v) is 11.8. The van der Waals surface area contributed by atoms with Gasteiger partial charge < -0.3 is 14.4 Å². The molecule has 3 aromatic rings. The van der Waals surface area contributed by atoms with E-state index in [0.717, 1.165) is 33.9 Å². The van der Waals surface area contributed by atoms with Crippen molar-refractivity contribution in [3.63, 3.8) is 0 Å². The number of hydrogen-bond acceptors (Lipinski definition) is 3. The van der Waals surface area contributed by atoms with Gasteiger partial charge in [-0.1, -0.05) is 24.3 Å². The average molecular weight is 532 g/mol. The zero-order chi connectivity index (χ0) is 19.8. The summed E-state index contributed by atoms with van der Waals surface area (Å²) in [4.78, 5) is 16.3. The molecule has 3 rings (SSSR count). The summed E-state index contributed by atoms with van der Waals surface area (Å²) in [7, 11) is -9.74. The van der Waals surface area contributed by atoms with Gasteiger partial charge in [-0.2, -0.15) is 8.42 Å². The number of aromatic nitrogens is 1. The predicted molar refractivity (Wildman–Crippen MR) is 127 cm³/mol. The molecule has 30 heavy (non-hydrogen) atoms. The molecule has 2 aromatic carbocycles. The fourth-order valence-electron chi connectivity index (χ4n) is 3.57. The van der Waals surface area contributed by atoms with Crippen LogP contribution in [0.25, 0.3) is 21.8 Å². The molecule has 1 aromatic heterocycles. The zero-order valence-corrected chi connectivity index (χ0v) is 16.5. The van der Waals surface area contributed by atoms with Gasteiger partial charge in [-0.05, 0) is 49.9 Å². The van der Waals surface area contributed by atoms with Crippen LogP contribution in [-0.4, -0.2) is 186 Å². The van der Waals surface area contributed by atoms with E-state index in [-0.39, 0.29) is 167 Å². The van der Waals surface area contributed by atoms with Crippen LogP contribution < -0.4 is 0 Å². The van der Waals surface area contributed by atoms with Gasteiger partial charge in [-0.25, -0.2) is 0 Å². The van der Waals surface area contributed by atoms with Gasteiger partial charge in [0.1, 0.15) is 0 Å². The van der Waals surface area contributed by atoms with Gasteiger partial charge in [0.25, 0.3) is 10.1 Å². The summed E-state index contributed by atoms with van der Waals surface area (Å²) in [5.41, 5.74) is 3.19. The monoisotopic (exact) mass is 531 g/mol. The Balaban J connectivity index is 0.00000280. The van der Waals surface area contributed by atoms with Crippen molar-refractivity contribution < 1.29 is 27.3 Å². The number of hydrogen-bond donors (Lipinski definition) is 3. The molecule has 0 amide bonds. The topological polar surface area (TPSA) is 117 Å². The first-order valence-electron chi connectivity index (χ1n) is 8.64. The molecule has 1 unspecified atom stereocenters. The van der Waals surface area contributed by atoms with Crippen LogP contribution >= 0.6 is 7.60 Å². The van der Waals surface area contributed by atoms with Gasteiger partial charge in [-0.15, -0.1) is 0 Å². The molecule has 0 bridgehead atoms. The maximum atomic E-state index is 11.3. The van der Waals surface area contributed by atoms with Crippen LogP contribution in [0.1, 0.15) is 25.3 Å². The van der Waals surface area contributed by atoms with Gasteiger partial charge in [0.05, 0.1) is 0 Å². The summed E-state index contributed by atoms with van der Waals surface area (Å²) in [5, 5.41) is 2.22. The zero-order valence-electron chi connectivity index (χ0n) is 14.8. The van der Waals surface area contributed by atoms with E-state index in [1.54, 1.807) is 0 Å². The Labute approximate surface area is 304 Å². The Morgan fingerprint density at radius 2 is 1.60 bits per heavy atom. The molecule has 3 N–H and O–H groups in total. The summed E-state index contributed by atoms with van der Waals surface area (Å²) >= 11 is 0. The minimum atomic E-state index is -4.93. The Hall–Kier alpha value is 3.21. The molecule has 0 saturated carbocycles. The summed E-state index contributed by atoms with van der Waals surface area (Å²) in [6, 6.07) is 14.1. The molecular weight excluding hydrogens is 507 g/mol. The number of benzene rings is 2. The molecule has 152 valence electrons. The number of nitrogens with zero attached hydrogens (tertiary/aromatic N) is 1. The van der Waals surface area contributed by atoms with Gasteiger partial charge in [0.2, 0.25) is 0 Å². The molecule has 0 fully saturated rings. The normalized spacial score (nSPS) is 12.7. The Morgan fingerprint density at radius 3 is 2.17 bits per heavy atom. The van der Waals surface area contributed by atoms with Crippen molar-refractivity contribution >= 4 is 194 Å². The van der Waals surface area contributed by atoms with Gasteiger partial charge in [-0.3, -0.25) is 9.12 Å². The maximum absolute atomic E-state index is 11.3. The van der Waals surface area contributed by atoms with Crippen LogP contribution in [0.3, 0.4) is 0 Å². The van der Waals surface area contributed by atoms with E-state index in [4.69, 9.17) is 14.3 Å². The van der Waals surface area contributed by atoms with E-state index in [0.29, 0.717) is 6.42 Å². The molecule has 0 aliphatic carbocycles. The second-order valence-electron chi connectivity index (χ2n) is 6.56. The molecule has 0 radical (unpaired) electrons. The third-order valence-electron chi connectivity index (χ3n) is 4.79. The van der Waals surface area contributed by atoms with Crippen molar-refractivity contribution in [2.75, 3.05) is 0 Å². The Bertz CT molecular complexity index is 1150. The van der Waals surface area contributed by atoms with Crippen molar-refractivity contribution in [3.8, 4) is 0 Å². The molecule has 0 spiro atoms. The first kappa shape index (κ1) is 33.2. The van der Waals surface area contributed by atoms with Crippen LogP contribution in [-0.2, 0) is 27.6 Å². The number of rotatable bonds is 7. The van der Waals surface area contributed by atoms with E-state index in [9.17, 15) is 13.0 Å². The molecule has 1 heterocycles. The third-order valence-corrected chi connectivity index (χ3v) is 8.34. The fourth-order valence-corrected chi connectivity index (χ4v) is 5.94. The van der Waals surface area contributed by atoms with E-state index in [2.05, 4.69) is 23.6 Å². The van der Waals surface area contributed by atoms with Crippen LogP contribution in [0.2, 0.25) is 0 Å². The SMILES string of the molecule is CCn1c2ccccc2c2cc(CCCC(P(=O)(O)O)S(=O)(=O)O)ccc21.[KH].[KH].[KH]. The second-order valence-corrected chi connectivity index (χ2v) is 10.3. The van der Waals surface area contributed by atoms with Crippen LogP contribution in [0.15, 0.2) is 42.5 Å². The molecule has 0 saturated heterocycles. The third kappa shape index (κ3) is 8.12. The van der Waals surface area contributed by atoms with Gasteiger partial charge in [0, 0.05) is 28.4 Å². The predicted octanol–water partition coefficient (Wildman–Crippen LogP) is 1.58. The van der Waals surface area contributed by atoms with Crippen molar-refractivity contribution in [3.05, 3.63) is 48.0 Å². The number of para-hydroxylation sites is 1. The molecule has 0 aliphatic rings. The Kier molecular flexibility index (Phi) is 15.6. The summed E-state index contributed by atoms with van der Waals surface area (Å²) in [5.74, 6) is 0.